The fourth-order valence-corrected chi connectivity index (χ4v) is 2.15. The molecule has 26 heavy (non-hydrogen) atoms. The van der Waals surface area contributed by atoms with Crippen molar-refractivity contribution in [1.82, 2.24) is 0 Å². The Labute approximate surface area is 152 Å². The molecule has 0 spiro atoms. The highest BCUT2D eigenvalue weighted by molar-refractivity contribution is 6.14. The Morgan fingerprint density at radius 1 is 0.923 bits per heavy atom. The number of carbonyl (C=O) groups is 2. The van der Waals surface area contributed by atoms with Gasteiger partial charge in [0, 0.05) is 0 Å². The van der Waals surface area contributed by atoms with Gasteiger partial charge < -0.3 is 15.4 Å². The second kappa shape index (κ2) is 7.99. The lowest BCUT2D eigenvalue weighted by Crippen LogP contribution is -2.41. The molecule has 2 amide bonds. The second-order valence-corrected chi connectivity index (χ2v) is 6.68. The highest BCUT2D eigenvalue weighted by Gasteiger charge is 2.37. The minimum atomic E-state index is -1.42. The minimum absolute atomic E-state index is 0.0296. The molecule has 0 unspecified atom stereocenters. The van der Waals surface area contributed by atoms with Crippen LogP contribution >= 0.6 is 0 Å². The van der Waals surface area contributed by atoms with Crippen LogP contribution in [0.2, 0.25) is 0 Å². The Kier molecular flexibility index (Phi) is 5.97. The van der Waals surface area contributed by atoms with Crippen molar-refractivity contribution in [2.24, 2.45) is 5.41 Å². The predicted octanol–water partition coefficient (Wildman–Crippen LogP) is 4.22. The van der Waals surface area contributed by atoms with E-state index in [1.54, 1.807) is 30.3 Å². The molecule has 0 aliphatic heterocycles. The van der Waals surface area contributed by atoms with Gasteiger partial charge in [0.15, 0.2) is 0 Å². The van der Waals surface area contributed by atoms with Crippen LogP contribution < -0.4 is 15.4 Å². The number of benzene rings is 2. The SMILES string of the molecule is CC(C)Oc1ccccc1NC(=O)C(C)(C)C(=O)Nc1ccccc1F. The normalized spacial score (nSPS) is 11.2. The van der Waals surface area contributed by atoms with Gasteiger partial charge in [0.05, 0.1) is 17.5 Å². The summed E-state index contributed by atoms with van der Waals surface area (Å²) in [5, 5.41) is 5.18. The van der Waals surface area contributed by atoms with E-state index in [1.807, 2.05) is 13.8 Å². The summed E-state index contributed by atoms with van der Waals surface area (Å²) in [6.45, 7) is 6.71. The highest BCUT2D eigenvalue weighted by atomic mass is 19.1. The van der Waals surface area contributed by atoms with Gasteiger partial charge in [-0.05, 0) is 52.0 Å². The van der Waals surface area contributed by atoms with Crippen molar-refractivity contribution >= 4 is 23.2 Å². The Balaban J connectivity index is 2.15. The molecule has 0 fully saturated rings. The Morgan fingerprint density at radius 2 is 1.42 bits per heavy atom. The van der Waals surface area contributed by atoms with Crippen LogP contribution in [-0.4, -0.2) is 17.9 Å². The molecule has 0 heterocycles. The van der Waals surface area contributed by atoms with Crippen LogP contribution in [0.15, 0.2) is 48.5 Å². The second-order valence-electron chi connectivity index (χ2n) is 6.68. The number of nitrogens with one attached hydrogen (secondary N) is 2. The molecule has 0 aliphatic carbocycles. The summed E-state index contributed by atoms with van der Waals surface area (Å²) in [6.07, 6.45) is -0.0644. The first-order valence-electron chi connectivity index (χ1n) is 8.35. The maximum Gasteiger partial charge on any atom is 0.239 e. The molecule has 138 valence electrons. The lowest BCUT2D eigenvalue weighted by atomic mass is 9.90. The van der Waals surface area contributed by atoms with Gasteiger partial charge in [-0.2, -0.15) is 0 Å². The molecular formula is C20H23FN2O3. The molecule has 2 rings (SSSR count). The van der Waals surface area contributed by atoms with Gasteiger partial charge >= 0.3 is 0 Å². The Hall–Kier alpha value is -2.89. The largest absolute Gasteiger partial charge is 0.489 e. The highest BCUT2D eigenvalue weighted by Crippen LogP contribution is 2.28. The fourth-order valence-electron chi connectivity index (χ4n) is 2.15. The number of halogens is 1. The van der Waals surface area contributed by atoms with Gasteiger partial charge in [0.1, 0.15) is 17.0 Å². The lowest BCUT2D eigenvalue weighted by Gasteiger charge is -2.24. The molecule has 2 aromatic rings. The summed E-state index contributed by atoms with van der Waals surface area (Å²) in [7, 11) is 0. The van der Waals surface area contributed by atoms with Crippen LogP contribution in [0.5, 0.6) is 5.75 Å². The summed E-state index contributed by atoms with van der Waals surface area (Å²) in [5.41, 5.74) is -0.923. The molecule has 0 radical (unpaired) electrons. The summed E-state index contributed by atoms with van der Waals surface area (Å²) in [4.78, 5) is 25.2. The summed E-state index contributed by atoms with van der Waals surface area (Å²) in [6, 6.07) is 12.8. The molecule has 0 atom stereocenters. The van der Waals surface area contributed by atoms with Crippen LogP contribution in [0.4, 0.5) is 15.8 Å². The topological polar surface area (TPSA) is 67.4 Å². The molecule has 0 bridgehead atoms. The molecule has 5 nitrogen and oxygen atoms in total. The van der Waals surface area contributed by atoms with Gasteiger partial charge in [-0.25, -0.2) is 4.39 Å². The zero-order chi connectivity index (χ0) is 19.3. The van der Waals surface area contributed by atoms with E-state index < -0.39 is 23.0 Å². The van der Waals surface area contributed by atoms with E-state index in [9.17, 15) is 14.0 Å². The molecule has 0 aliphatic rings. The van der Waals surface area contributed by atoms with E-state index in [1.165, 1.54) is 32.0 Å². The van der Waals surface area contributed by atoms with Gasteiger partial charge in [-0.3, -0.25) is 9.59 Å². The number of para-hydroxylation sites is 3. The minimum Gasteiger partial charge on any atom is -0.489 e. The number of amides is 2. The fraction of sp³-hybridized carbons (Fsp3) is 0.300. The average molecular weight is 358 g/mol. The summed E-state index contributed by atoms with van der Waals surface area (Å²) < 4.78 is 19.4. The van der Waals surface area contributed by atoms with Gasteiger partial charge in [0.2, 0.25) is 11.8 Å². The van der Waals surface area contributed by atoms with Gasteiger partial charge in [0.25, 0.3) is 0 Å². The third-order valence-electron chi connectivity index (χ3n) is 3.76. The van der Waals surface area contributed by atoms with Crippen LogP contribution in [0.25, 0.3) is 0 Å². The van der Waals surface area contributed by atoms with Crippen molar-refractivity contribution in [3.8, 4) is 5.75 Å². The van der Waals surface area contributed by atoms with E-state index >= 15 is 0 Å². The summed E-state index contributed by atoms with van der Waals surface area (Å²) >= 11 is 0. The maximum atomic E-state index is 13.7. The van der Waals surface area contributed by atoms with E-state index in [-0.39, 0.29) is 11.8 Å². The number of rotatable bonds is 6. The molecule has 0 aromatic heterocycles. The molecule has 0 saturated heterocycles. The number of carbonyl (C=O) groups excluding carboxylic acids is 2. The molecule has 0 saturated carbocycles. The molecule has 6 heteroatoms. The third-order valence-corrected chi connectivity index (χ3v) is 3.76. The smallest absolute Gasteiger partial charge is 0.239 e. The molecule has 2 N–H and O–H groups in total. The van der Waals surface area contributed by atoms with Gasteiger partial charge in [-0.1, -0.05) is 24.3 Å². The van der Waals surface area contributed by atoms with Crippen molar-refractivity contribution in [2.75, 3.05) is 10.6 Å². The van der Waals surface area contributed by atoms with Crippen molar-refractivity contribution in [2.45, 2.75) is 33.8 Å². The quantitative estimate of drug-likeness (QED) is 0.760. The first kappa shape index (κ1) is 19.4. The predicted molar refractivity (Wildman–Crippen MR) is 99.6 cm³/mol. The maximum absolute atomic E-state index is 13.7. The van der Waals surface area contributed by atoms with E-state index in [0.717, 1.165) is 0 Å². The molecule has 2 aromatic carbocycles. The van der Waals surface area contributed by atoms with Crippen molar-refractivity contribution in [1.29, 1.82) is 0 Å². The van der Waals surface area contributed by atoms with E-state index in [2.05, 4.69) is 10.6 Å². The number of hydrogen-bond donors (Lipinski definition) is 2. The van der Waals surface area contributed by atoms with E-state index in [4.69, 9.17) is 4.74 Å². The van der Waals surface area contributed by atoms with Crippen molar-refractivity contribution in [3.05, 3.63) is 54.3 Å². The number of anilines is 2. The third kappa shape index (κ3) is 4.59. The number of ether oxygens (including phenoxy) is 1. The van der Waals surface area contributed by atoms with Crippen LogP contribution in [-0.2, 0) is 9.59 Å². The average Bonchev–Trinajstić information content (AvgIpc) is 2.58. The van der Waals surface area contributed by atoms with Crippen molar-refractivity contribution in [3.63, 3.8) is 0 Å². The van der Waals surface area contributed by atoms with Crippen LogP contribution in [0.1, 0.15) is 27.7 Å². The lowest BCUT2D eigenvalue weighted by molar-refractivity contribution is -0.135. The van der Waals surface area contributed by atoms with Gasteiger partial charge in [-0.15, -0.1) is 0 Å². The summed E-state index contributed by atoms with van der Waals surface area (Å²) in [5.74, 6) is -1.18. The van der Waals surface area contributed by atoms with Crippen LogP contribution in [0, 0.1) is 11.2 Å². The Morgan fingerprint density at radius 3 is 2.00 bits per heavy atom. The monoisotopic (exact) mass is 358 g/mol. The van der Waals surface area contributed by atoms with Crippen LogP contribution in [0.3, 0.4) is 0 Å². The standard InChI is InChI=1S/C20H23FN2O3/c1-13(2)26-17-12-8-7-11-16(17)23-19(25)20(3,4)18(24)22-15-10-6-5-9-14(15)21/h5-13H,1-4H3,(H,22,24)(H,23,25). The first-order chi connectivity index (χ1) is 12.2. The first-order valence-corrected chi connectivity index (χ1v) is 8.35. The number of hydrogen-bond acceptors (Lipinski definition) is 3. The zero-order valence-electron chi connectivity index (χ0n) is 15.3. The molecular weight excluding hydrogens is 335 g/mol. The Bertz CT molecular complexity index is 803. The zero-order valence-corrected chi connectivity index (χ0v) is 15.3. The van der Waals surface area contributed by atoms with Crippen molar-refractivity contribution < 1.29 is 18.7 Å². The van der Waals surface area contributed by atoms with E-state index in [0.29, 0.717) is 11.4 Å².